The molecule has 0 unspecified atom stereocenters. The van der Waals surface area contributed by atoms with Crippen molar-refractivity contribution in [1.82, 2.24) is 9.62 Å². The molecule has 0 amide bonds. The van der Waals surface area contributed by atoms with Gasteiger partial charge in [0.15, 0.2) is 0 Å². The van der Waals surface area contributed by atoms with Crippen molar-refractivity contribution in [3.63, 3.8) is 0 Å². The van der Waals surface area contributed by atoms with Crippen molar-refractivity contribution >= 4 is 21.6 Å². The molecule has 116 valence electrons. The van der Waals surface area contributed by atoms with Crippen LogP contribution in [0.2, 0.25) is 5.02 Å². The lowest BCUT2D eigenvalue weighted by Gasteiger charge is -2.35. The Balaban J connectivity index is 1.65. The first-order valence-electron chi connectivity index (χ1n) is 6.99. The zero-order valence-electron chi connectivity index (χ0n) is 11.8. The molecule has 2 saturated heterocycles. The van der Waals surface area contributed by atoms with Gasteiger partial charge in [0.2, 0.25) is 10.0 Å². The average Bonchev–Trinajstić information content (AvgIpc) is 2.78. The van der Waals surface area contributed by atoms with E-state index in [1.165, 1.54) is 6.26 Å². The largest absolute Gasteiger partial charge is 0.371 e. The fraction of sp³-hybridized carbons (Fsp3) is 0.571. The highest BCUT2D eigenvalue weighted by Crippen LogP contribution is 2.30. The molecule has 1 aromatic carbocycles. The predicted octanol–water partition coefficient (Wildman–Crippen LogP) is 1.40. The van der Waals surface area contributed by atoms with E-state index >= 15 is 0 Å². The van der Waals surface area contributed by atoms with E-state index in [1.54, 1.807) is 0 Å². The van der Waals surface area contributed by atoms with Gasteiger partial charge >= 0.3 is 0 Å². The number of nitrogens with zero attached hydrogens (tertiary/aromatic N) is 1. The molecule has 5 nitrogen and oxygen atoms in total. The molecule has 0 spiro atoms. The van der Waals surface area contributed by atoms with Gasteiger partial charge in [-0.25, -0.2) is 13.1 Å². The maximum Gasteiger partial charge on any atom is 0.208 e. The topological polar surface area (TPSA) is 58.6 Å². The number of hydrogen-bond acceptors (Lipinski definition) is 4. The Kier molecular flexibility index (Phi) is 4.25. The second-order valence-corrected chi connectivity index (χ2v) is 8.02. The van der Waals surface area contributed by atoms with Gasteiger partial charge in [-0.3, -0.25) is 4.90 Å². The van der Waals surface area contributed by atoms with Crippen molar-refractivity contribution in [3.8, 4) is 0 Å². The van der Waals surface area contributed by atoms with Crippen molar-refractivity contribution in [2.75, 3.05) is 26.0 Å². The first-order chi connectivity index (χ1) is 9.90. The van der Waals surface area contributed by atoms with Gasteiger partial charge in [0.1, 0.15) is 0 Å². The van der Waals surface area contributed by atoms with Crippen LogP contribution in [0.1, 0.15) is 18.1 Å². The van der Waals surface area contributed by atoms with Crippen LogP contribution in [0.4, 0.5) is 0 Å². The Morgan fingerprint density at radius 2 is 2.00 bits per heavy atom. The lowest BCUT2D eigenvalue weighted by molar-refractivity contribution is -0.0502. The number of nitrogens with one attached hydrogen (secondary N) is 1. The molecule has 2 aliphatic heterocycles. The molecule has 21 heavy (non-hydrogen) atoms. The first kappa shape index (κ1) is 15.2. The fourth-order valence-corrected chi connectivity index (χ4v) is 4.04. The SMILES string of the molecule is CS(=O)(=O)N[C@@H]1C[C@H]2CO[C@@H](c3ccc(Cl)cc3)CN2C1. The quantitative estimate of drug-likeness (QED) is 0.910. The lowest BCUT2D eigenvalue weighted by atomic mass is 10.1. The van der Waals surface area contributed by atoms with Gasteiger partial charge in [0.05, 0.1) is 19.0 Å². The maximum atomic E-state index is 11.3. The minimum atomic E-state index is -3.15. The minimum absolute atomic E-state index is 0.0161. The molecule has 2 heterocycles. The Morgan fingerprint density at radius 3 is 2.67 bits per heavy atom. The molecule has 1 aromatic rings. The molecule has 7 heteroatoms. The molecule has 2 aliphatic rings. The normalized spacial score (nSPS) is 30.3. The highest BCUT2D eigenvalue weighted by atomic mass is 35.5. The number of fused-ring (bicyclic) bond motifs is 1. The molecular weight excluding hydrogens is 312 g/mol. The maximum absolute atomic E-state index is 11.3. The van der Waals surface area contributed by atoms with Crippen LogP contribution in [0.15, 0.2) is 24.3 Å². The second kappa shape index (κ2) is 5.85. The first-order valence-corrected chi connectivity index (χ1v) is 9.26. The summed E-state index contributed by atoms with van der Waals surface area (Å²) < 4.78 is 31.3. The number of benzene rings is 1. The van der Waals surface area contributed by atoms with Crippen LogP contribution in [0, 0.1) is 0 Å². The van der Waals surface area contributed by atoms with Gasteiger partial charge < -0.3 is 4.74 Å². The summed E-state index contributed by atoms with van der Waals surface area (Å²) in [6.07, 6.45) is 2.04. The third kappa shape index (κ3) is 3.76. The van der Waals surface area contributed by atoms with Crippen molar-refractivity contribution in [3.05, 3.63) is 34.9 Å². The van der Waals surface area contributed by atoms with Gasteiger partial charge in [-0.15, -0.1) is 0 Å². The Labute approximate surface area is 130 Å². The van der Waals surface area contributed by atoms with Crippen molar-refractivity contribution < 1.29 is 13.2 Å². The lowest BCUT2D eigenvalue weighted by Crippen LogP contribution is -2.43. The van der Waals surface area contributed by atoms with E-state index < -0.39 is 10.0 Å². The molecule has 0 aromatic heterocycles. The van der Waals surface area contributed by atoms with E-state index in [1.807, 2.05) is 24.3 Å². The molecule has 3 atom stereocenters. The smallest absolute Gasteiger partial charge is 0.208 e. The summed E-state index contributed by atoms with van der Waals surface area (Å²) in [4.78, 5) is 2.31. The molecule has 2 fully saturated rings. The van der Waals surface area contributed by atoms with E-state index in [0.29, 0.717) is 17.7 Å². The average molecular weight is 331 g/mol. The molecule has 0 aliphatic carbocycles. The Bertz CT molecular complexity index is 605. The van der Waals surface area contributed by atoms with E-state index in [4.69, 9.17) is 16.3 Å². The van der Waals surface area contributed by atoms with Crippen LogP contribution < -0.4 is 4.72 Å². The third-order valence-electron chi connectivity index (χ3n) is 4.04. The molecule has 3 rings (SSSR count). The summed E-state index contributed by atoms with van der Waals surface area (Å²) in [7, 11) is -3.15. The van der Waals surface area contributed by atoms with Gasteiger partial charge in [-0.05, 0) is 24.1 Å². The number of hydrogen-bond donors (Lipinski definition) is 1. The summed E-state index contributed by atoms with van der Waals surface area (Å²) in [5.41, 5.74) is 1.11. The fourth-order valence-electron chi connectivity index (χ4n) is 3.14. The van der Waals surface area contributed by atoms with Gasteiger partial charge in [0, 0.05) is 30.2 Å². The van der Waals surface area contributed by atoms with Crippen LogP contribution in [0.5, 0.6) is 0 Å². The molecular formula is C14H19ClN2O3S. The van der Waals surface area contributed by atoms with E-state index in [-0.39, 0.29) is 12.1 Å². The number of sulfonamides is 1. The number of ether oxygens (including phenoxy) is 1. The zero-order valence-corrected chi connectivity index (χ0v) is 13.4. The van der Waals surface area contributed by atoms with E-state index in [9.17, 15) is 8.42 Å². The standard InChI is InChI=1S/C14H19ClN2O3S/c1-21(18,19)16-12-6-13-9-20-14(8-17(13)7-12)10-2-4-11(15)5-3-10/h2-5,12-14,16H,6-9H2,1H3/t12-,13+,14-/m1/s1. The Hall–Kier alpha value is -0.660. The highest BCUT2D eigenvalue weighted by Gasteiger charge is 2.38. The molecule has 0 saturated carbocycles. The zero-order chi connectivity index (χ0) is 15.0. The monoisotopic (exact) mass is 330 g/mol. The van der Waals surface area contributed by atoms with Crippen LogP contribution in [-0.4, -0.2) is 51.4 Å². The number of rotatable bonds is 3. The van der Waals surface area contributed by atoms with Crippen molar-refractivity contribution in [2.45, 2.75) is 24.6 Å². The minimum Gasteiger partial charge on any atom is -0.371 e. The van der Waals surface area contributed by atoms with Gasteiger partial charge in [-0.1, -0.05) is 23.7 Å². The summed E-state index contributed by atoms with van der Waals surface area (Å²) in [5.74, 6) is 0. The van der Waals surface area contributed by atoms with Crippen LogP contribution >= 0.6 is 11.6 Å². The molecule has 0 bridgehead atoms. The van der Waals surface area contributed by atoms with E-state index in [2.05, 4.69) is 9.62 Å². The second-order valence-electron chi connectivity index (χ2n) is 5.80. The Morgan fingerprint density at radius 1 is 1.29 bits per heavy atom. The van der Waals surface area contributed by atoms with Crippen molar-refractivity contribution in [1.29, 1.82) is 0 Å². The predicted molar refractivity (Wildman–Crippen MR) is 81.9 cm³/mol. The number of morpholine rings is 1. The number of halogens is 1. The summed E-state index contributed by atoms with van der Waals surface area (Å²) >= 11 is 5.90. The van der Waals surface area contributed by atoms with Crippen molar-refractivity contribution in [2.24, 2.45) is 0 Å². The van der Waals surface area contributed by atoms with Gasteiger partial charge in [0.25, 0.3) is 0 Å². The molecule has 0 radical (unpaired) electrons. The third-order valence-corrected chi connectivity index (χ3v) is 5.05. The van der Waals surface area contributed by atoms with Crippen LogP contribution in [-0.2, 0) is 14.8 Å². The summed E-state index contributed by atoms with van der Waals surface area (Å²) in [6.45, 7) is 2.16. The highest BCUT2D eigenvalue weighted by molar-refractivity contribution is 7.88. The molecule has 1 N–H and O–H groups in total. The summed E-state index contributed by atoms with van der Waals surface area (Å²) in [6, 6.07) is 7.98. The van der Waals surface area contributed by atoms with Crippen LogP contribution in [0.25, 0.3) is 0 Å². The van der Waals surface area contributed by atoms with E-state index in [0.717, 1.165) is 25.1 Å². The van der Waals surface area contributed by atoms with Gasteiger partial charge in [-0.2, -0.15) is 0 Å². The van der Waals surface area contributed by atoms with Crippen LogP contribution in [0.3, 0.4) is 0 Å². The summed E-state index contributed by atoms with van der Waals surface area (Å²) in [5, 5.41) is 0.714.